The molecule has 0 aromatic heterocycles. The average molecular weight is 529 g/mol. The average Bonchev–Trinajstić information content (AvgIpc) is 2.87. The minimum Gasteiger partial charge on any atom is -0.493 e. The molecule has 0 saturated carbocycles. The van der Waals surface area contributed by atoms with Gasteiger partial charge in [-0.05, 0) is 60.9 Å². The highest BCUT2D eigenvalue weighted by Gasteiger charge is 2.30. The van der Waals surface area contributed by atoms with Gasteiger partial charge in [-0.25, -0.2) is 8.42 Å². The maximum Gasteiger partial charge on any atom is 0.264 e. The van der Waals surface area contributed by atoms with Crippen LogP contribution in [-0.4, -0.2) is 51.2 Å². The number of rotatable bonds is 7. The molecule has 0 saturated heterocycles. The van der Waals surface area contributed by atoms with E-state index in [1.165, 1.54) is 4.31 Å². The highest BCUT2D eigenvalue weighted by Crippen LogP contribution is 2.40. The third-order valence-corrected chi connectivity index (χ3v) is 9.26. The van der Waals surface area contributed by atoms with Gasteiger partial charge in [0.05, 0.1) is 17.2 Å². The number of fused-ring (bicyclic) bond motifs is 2. The lowest BCUT2D eigenvalue weighted by Crippen LogP contribution is -2.38. The number of halogens is 1. The molecule has 0 aliphatic carbocycles. The van der Waals surface area contributed by atoms with Crippen LogP contribution in [0.4, 0.5) is 5.69 Å². The van der Waals surface area contributed by atoms with Crippen LogP contribution in [0.15, 0.2) is 76.5 Å². The molecule has 0 unspecified atom stereocenters. The minimum absolute atomic E-state index is 0.0236. The molecule has 3 aromatic rings. The molecule has 9 heteroatoms. The topological polar surface area (TPSA) is 66.9 Å². The van der Waals surface area contributed by atoms with Gasteiger partial charge in [0.25, 0.3) is 15.9 Å². The standard InChI is InChI=1S/C26H25ClN2O4S2/c27-20-7-9-23-19(17-20)11-13-28(26(23)30)12-4-15-33-21-8-10-25-24(18-21)29(14-16-34-25)35(31,32)22-5-2-1-3-6-22/h1-3,5-10,17-18H,4,11-16H2. The molecule has 0 fully saturated rings. The normalized spacial score (nSPS) is 15.5. The van der Waals surface area contributed by atoms with Gasteiger partial charge in [0, 0.05) is 46.9 Å². The molecule has 0 spiro atoms. The first-order valence-corrected chi connectivity index (χ1v) is 14.3. The summed E-state index contributed by atoms with van der Waals surface area (Å²) in [4.78, 5) is 15.8. The summed E-state index contributed by atoms with van der Waals surface area (Å²) in [7, 11) is -3.65. The maximum atomic E-state index is 13.3. The Bertz CT molecular complexity index is 1350. The zero-order valence-corrected chi connectivity index (χ0v) is 21.4. The predicted molar refractivity (Wildman–Crippen MR) is 139 cm³/mol. The van der Waals surface area contributed by atoms with Gasteiger partial charge in [-0.2, -0.15) is 0 Å². The van der Waals surface area contributed by atoms with Crippen molar-refractivity contribution in [3.8, 4) is 5.75 Å². The van der Waals surface area contributed by atoms with Crippen molar-refractivity contribution < 1.29 is 17.9 Å². The number of nitrogens with zero attached hydrogens (tertiary/aromatic N) is 2. The Morgan fingerprint density at radius 3 is 2.66 bits per heavy atom. The Hall–Kier alpha value is -2.68. The van der Waals surface area contributed by atoms with Crippen LogP contribution in [-0.2, 0) is 16.4 Å². The van der Waals surface area contributed by atoms with Crippen molar-refractivity contribution in [3.05, 3.63) is 82.9 Å². The van der Waals surface area contributed by atoms with Gasteiger partial charge in [0.15, 0.2) is 0 Å². The van der Waals surface area contributed by atoms with Gasteiger partial charge in [-0.15, -0.1) is 11.8 Å². The summed E-state index contributed by atoms with van der Waals surface area (Å²) in [5.74, 6) is 1.33. The number of carbonyl (C=O) groups excluding carboxylic acids is 1. The van der Waals surface area contributed by atoms with Crippen LogP contribution in [0.2, 0.25) is 5.02 Å². The van der Waals surface area contributed by atoms with Crippen molar-refractivity contribution in [3.63, 3.8) is 0 Å². The van der Waals surface area contributed by atoms with Crippen LogP contribution >= 0.6 is 23.4 Å². The number of sulfonamides is 1. The van der Waals surface area contributed by atoms with Crippen LogP contribution in [0, 0.1) is 0 Å². The van der Waals surface area contributed by atoms with Crippen molar-refractivity contribution in [2.24, 2.45) is 0 Å². The SMILES string of the molecule is O=C1c2ccc(Cl)cc2CCN1CCCOc1ccc2c(c1)N(S(=O)(=O)c1ccccc1)CCS2. The molecule has 182 valence electrons. The van der Waals surface area contributed by atoms with E-state index in [2.05, 4.69) is 0 Å². The fourth-order valence-electron chi connectivity index (χ4n) is 4.40. The molecular weight excluding hydrogens is 504 g/mol. The molecule has 1 amide bonds. The zero-order chi connectivity index (χ0) is 24.4. The number of amides is 1. The van der Waals surface area contributed by atoms with E-state index >= 15 is 0 Å². The van der Waals surface area contributed by atoms with Crippen LogP contribution in [0.3, 0.4) is 0 Å². The first-order chi connectivity index (χ1) is 16.9. The summed E-state index contributed by atoms with van der Waals surface area (Å²) in [6.07, 6.45) is 1.46. The van der Waals surface area contributed by atoms with Crippen molar-refractivity contribution >= 4 is 45.0 Å². The molecule has 0 radical (unpaired) electrons. The van der Waals surface area contributed by atoms with Gasteiger partial charge >= 0.3 is 0 Å². The quantitative estimate of drug-likeness (QED) is 0.399. The van der Waals surface area contributed by atoms with E-state index in [4.69, 9.17) is 16.3 Å². The van der Waals surface area contributed by atoms with E-state index in [9.17, 15) is 13.2 Å². The first kappa shape index (κ1) is 24.0. The lowest BCUT2D eigenvalue weighted by atomic mass is 9.99. The fourth-order valence-corrected chi connectivity index (χ4v) is 7.24. The van der Waals surface area contributed by atoms with Gasteiger partial charge in [-0.1, -0.05) is 29.8 Å². The monoisotopic (exact) mass is 528 g/mol. The van der Waals surface area contributed by atoms with E-state index in [0.717, 1.165) is 16.9 Å². The van der Waals surface area contributed by atoms with Gasteiger partial charge in [-0.3, -0.25) is 9.10 Å². The second kappa shape index (κ2) is 10.1. The van der Waals surface area contributed by atoms with E-state index in [-0.39, 0.29) is 10.8 Å². The highest BCUT2D eigenvalue weighted by atomic mass is 35.5. The van der Waals surface area contributed by atoms with Crippen LogP contribution in [0.1, 0.15) is 22.3 Å². The Kier molecular flexibility index (Phi) is 6.95. The van der Waals surface area contributed by atoms with Crippen LogP contribution < -0.4 is 9.04 Å². The molecule has 2 heterocycles. The van der Waals surface area contributed by atoms with E-state index in [1.807, 2.05) is 23.1 Å². The zero-order valence-electron chi connectivity index (χ0n) is 19.0. The molecule has 0 bridgehead atoms. The number of hydrogen-bond acceptors (Lipinski definition) is 5. The van der Waals surface area contributed by atoms with E-state index in [1.54, 1.807) is 60.3 Å². The van der Waals surface area contributed by atoms with Crippen LogP contribution in [0.25, 0.3) is 0 Å². The molecule has 0 N–H and O–H groups in total. The fraction of sp³-hybridized carbons (Fsp3) is 0.269. The summed E-state index contributed by atoms with van der Waals surface area (Å²) in [5, 5.41) is 0.650. The highest BCUT2D eigenvalue weighted by molar-refractivity contribution is 8.00. The molecule has 2 aliphatic rings. The maximum absolute atomic E-state index is 13.3. The van der Waals surface area contributed by atoms with Crippen molar-refractivity contribution in [1.82, 2.24) is 4.90 Å². The Labute approximate surface area is 214 Å². The molecule has 2 aliphatic heterocycles. The van der Waals surface area contributed by atoms with E-state index < -0.39 is 10.0 Å². The Balaban J connectivity index is 1.23. The van der Waals surface area contributed by atoms with Gasteiger partial charge in [0.2, 0.25) is 0 Å². The van der Waals surface area contributed by atoms with Crippen molar-refractivity contribution in [2.75, 3.05) is 36.3 Å². The largest absolute Gasteiger partial charge is 0.493 e. The second-order valence-corrected chi connectivity index (χ2v) is 11.8. The van der Waals surface area contributed by atoms with Gasteiger partial charge in [0.1, 0.15) is 5.75 Å². The summed E-state index contributed by atoms with van der Waals surface area (Å²) in [6, 6.07) is 19.5. The number of anilines is 1. The number of ether oxygens (including phenoxy) is 1. The van der Waals surface area contributed by atoms with Crippen molar-refractivity contribution in [2.45, 2.75) is 22.6 Å². The van der Waals surface area contributed by atoms with Gasteiger partial charge < -0.3 is 9.64 Å². The van der Waals surface area contributed by atoms with Crippen LogP contribution in [0.5, 0.6) is 5.75 Å². The molecule has 3 aromatic carbocycles. The molecule has 0 atom stereocenters. The summed E-state index contributed by atoms with van der Waals surface area (Å²) in [5.41, 5.74) is 2.36. The summed E-state index contributed by atoms with van der Waals surface area (Å²) < 4.78 is 34.0. The molecular formula is C26H25ClN2O4S2. The number of benzene rings is 3. The predicted octanol–water partition coefficient (Wildman–Crippen LogP) is 5.11. The minimum atomic E-state index is -3.65. The summed E-state index contributed by atoms with van der Waals surface area (Å²) in [6.45, 7) is 2.08. The lowest BCUT2D eigenvalue weighted by Gasteiger charge is -2.30. The number of carbonyl (C=O) groups is 1. The molecule has 6 nitrogen and oxygen atoms in total. The Morgan fingerprint density at radius 1 is 1.00 bits per heavy atom. The second-order valence-electron chi connectivity index (χ2n) is 8.41. The molecule has 35 heavy (non-hydrogen) atoms. The third kappa shape index (κ3) is 5.01. The van der Waals surface area contributed by atoms with Crippen molar-refractivity contribution in [1.29, 1.82) is 0 Å². The van der Waals surface area contributed by atoms with E-state index in [0.29, 0.717) is 60.4 Å². The lowest BCUT2D eigenvalue weighted by molar-refractivity contribution is 0.0731. The number of hydrogen-bond donors (Lipinski definition) is 0. The molecule has 5 rings (SSSR count). The number of thioether (sulfide) groups is 1. The summed E-state index contributed by atoms with van der Waals surface area (Å²) >= 11 is 7.69. The third-order valence-electron chi connectivity index (χ3n) is 6.16. The Morgan fingerprint density at radius 2 is 1.83 bits per heavy atom. The smallest absolute Gasteiger partial charge is 0.264 e. The first-order valence-electron chi connectivity index (χ1n) is 11.5.